The van der Waals surface area contributed by atoms with Crippen LogP contribution in [0, 0.1) is 0 Å². The number of aryl methyl sites for hydroxylation is 2. The van der Waals surface area contributed by atoms with Crippen LogP contribution >= 0.6 is 11.3 Å². The van der Waals surface area contributed by atoms with E-state index in [1.54, 1.807) is 18.4 Å². The molecule has 7 heteroatoms. The second-order valence-corrected chi connectivity index (χ2v) is 8.90. The minimum atomic E-state index is -0.0806. The molecule has 0 unspecified atom stereocenters. The molecule has 1 fully saturated rings. The number of benzene rings is 1. The van der Waals surface area contributed by atoms with Gasteiger partial charge in [-0.1, -0.05) is 12.1 Å². The van der Waals surface area contributed by atoms with Gasteiger partial charge in [-0.3, -0.25) is 14.2 Å². The highest BCUT2D eigenvalue weighted by Gasteiger charge is 2.33. The Balaban J connectivity index is 1.39. The highest BCUT2D eigenvalue weighted by Crippen LogP contribution is 2.34. The summed E-state index contributed by atoms with van der Waals surface area (Å²) < 4.78 is 6.69. The molecule has 0 N–H and O–H groups in total. The van der Waals surface area contributed by atoms with Crippen LogP contribution in [-0.4, -0.2) is 33.5 Å². The van der Waals surface area contributed by atoms with Gasteiger partial charge in [-0.25, -0.2) is 4.98 Å². The summed E-state index contributed by atoms with van der Waals surface area (Å²) in [5.74, 6) is 0.769. The van der Waals surface area contributed by atoms with Crippen LogP contribution in [0.3, 0.4) is 0 Å². The van der Waals surface area contributed by atoms with E-state index in [1.165, 1.54) is 15.8 Å². The Bertz CT molecular complexity index is 1130. The Hall–Kier alpha value is -2.67. The normalized spacial score (nSPS) is 15.5. The van der Waals surface area contributed by atoms with Gasteiger partial charge in [0.2, 0.25) is 5.91 Å². The van der Waals surface area contributed by atoms with E-state index in [0.29, 0.717) is 6.54 Å². The number of ether oxygens (including phenoxy) is 1. The van der Waals surface area contributed by atoms with Crippen LogP contribution in [0.25, 0.3) is 10.2 Å². The topological polar surface area (TPSA) is 64.4 Å². The van der Waals surface area contributed by atoms with Crippen molar-refractivity contribution in [1.82, 2.24) is 14.5 Å². The molecule has 29 heavy (non-hydrogen) atoms. The third kappa shape index (κ3) is 3.44. The summed E-state index contributed by atoms with van der Waals surface area (Å²) in [6.07, 6.45) is 6.65. The number of carbonyl (C=O) groups excluding carboxylic acids is 1. The van der Waals surface area contributed by atoms with Crippen molar-refractivity contribution < 1.29 is 9.53 Å². The Kier molecular flexibility index (Phi) is 4.62. The number of hydrogen-bond acceptors (Lipinski definition) is 5. The number of carbonyl (C=O) groups is 1. The number of hydrogen-bond donors (Lipinski definition) is 0. The number of methoxy groups -OCH3 is 1. The van der Waals surface area contributed by atoms with E-state index in [4.69, 9.17) is 4.74 Å². The Morgan fingerprint density at radius 2 is 2.07 bits per heavy atom. The molecule has 1 amide bonds. The molecule has 3 aromatic rings. The maximum Gasteiger partial charge on any atom is 0.262 e. The van der Waals surface area contributed by atoms with Gasteiger partial charge in [0.15, 0.2) is 0 Å². The predicted octanol–water partition coefficient (Wildman–Crippen LogP) is 3.15. The van der Waals surface area contributed by atoms with Crippen LogP contribution in [0.15, 0.2) is 35.4 Å². The first-order chi connectivity index (χ1) is 14.1. The van der Waals surface area contributed by atoms with Gasteiger partial charge in [-0.15, -0.1) is 11.3 Å². The summed E-state index contributed by atoms with van der Waals surface area (Å²) in [6.45, 7) is 0.588. The van der Waals surface area contributed by atoms with Crippen LogP contribution < -0.4 is 10.3 Å². The van der Waals surface area contributed by atoms with Crippen LogP contribution in [0.1, 0.15) is 35.3 Å². The highest BCUT2D eigenvalue weighted by atomic mass is 32.1. The standard InChI is InChI=1S/C22H23N3O3S/c1-28-16-9-5-14(6-10-16)11-25(15-7-8-15)19(26)12-24-13-23-21-20(22(24)27)17-3-2-4-18(17)29-21/h5-6,9-10,13,15H,2-4,7-8,11-12H2,1H3. The first kappa shape index (κ1) is 18.4. The van der Waals surface area contributed by atoms with Crippen molar-refractivity contribution in [1.29, 1.82) is 0 Å². The lowest BCUT2D eigenvalue weighted by Crippen LogP contribution is -2.37. The van der Waals surface area contributed by atoms with Crippen molar-refractivity contribution in [2.24, 2.45) is 0 Å². The Morgan fingerprint density at radius 1 is 1.28 bits per heavy atom. The lowest BCUT2D eigenvalue weighted by atomic mass is 10.2. The molecule has 0 spiro atoms. The molecule has 2 aliphatic rings. The van der Waals surface area contributed by atoms with E-state index in [2.05, 4.69) is 4.98 Å². The smallest absolute Gasteiger partial charge is 0.262 e. The summed E-state index contributed by atoms with van der Waals surface area (Å²) in [7, 11) is 1.64. The molecule has 2 aromatic heterocycles. The Morgan fingerprint density at radius 3 is 2.79 bits per heavy atom. The van der Waals surface area contributed by atoms with E-state index >= 15 is 0 Å². The average Bonchev–Trinajstić information content (AvgIpc) is 3.36. The minimum absolute atomic E-state index is 0.0292. The average molecular weight is 410 g/mol. The van der Waals surface area contributed by atoms with Crippen LogP contribution in [-0.2, 0) is 30.7 Å². The molecule has 0 bridgehead atoms. The van der Waals surface area contributed by atoms with Gasteiger partial charge < -0.3 is 9.64 Å². The minimum Gasteiger partial charge on any atom is -0.497 e. The zero-order valence-electron chi connectivity index (χ0n) is 16.4. The third-order valence-electron chi connectivity index (χ3n) is 5.82. The lowest BCUT2D eigenvalue weighted by Gasteiger charge is -2.23. The third-order valence-corrected chi connectivity index (χ3v) is 7.02. The number of aromatic nitrogens is 2. The molecule has 0 atom stereocenters. The monoisotopic (exact) mass is 409 g/mol. The van der Waals surface area contributed by atoms with Crippen molar-refractivity contribution in [3.63, 3.8) is 0 Å². The number of nitrogens with zero attached hydrogens (tertiary/aromatic N) is 3. The van der Waals surface area contributed by atoms with Crippen LogP contribution in [0.4, 0.5) is 0 Å². The van der Waals surface area contributed by atoms with Crippen molar-refractivity contribution in [2.45, 2.75) is 51.2 Å². The molecule has 0 aliphatic heterocycles. The summed E-state index contributed by atoms with van der Waals surface area (Å²) in [6, 6.07) is 8.04. The summed E-state index contributed by atoms with van der Waals surface area (Å²) >= 11 is 1.62. The molecule has 0 radical (unpaired) electrons. The molecule has 2 heterocycles. The van der Waals surface area contributed by atoms with E-state index < -0.39 is 0 Å². The molecule has 2 aliphatic carbocycles. The van der Waals surface area contributed by atoms with E-state index in [-0.39, 0.29) is 24.1 Å². The largest absolute Gasteiger partial charge is 0.497 e. The number of amides is 1. The van der Waals surface area contributed by atoms with Gasteiger partial charge >= 0.3 is 0 Å². The fourth-order valence-electron chi connectivity index (χ4n) is 4.10. The number of rotatable bonds is 6. The first-order valence-corrected chi connectivity index (χ1v) is 10.9. The zero-order chi connectivity index (χ0) is 20.0. The highest BCUT2D eigenvalue weighted by molar-refractivity contribution is 7.18. The predicted molar refractivity (Wildman–Crippen MR) is 112 cm³/mol. The molecule has 1 saturated carbocycles. The van der Waals surface area contributed by atoms with Crippen molar-refractivity contribution in [3.05, 3.63) is 57.0 Å². The van der Waals surface area contributed by atoms with Gasteiger partial charge in [0, 0.05) is 17.5 Å². The Labute approximate surface area is 172 Å². The first-order valence-electron chi connectivity index (χ1n) is 10.1. The molecular weight excluding hydrogens is 386 g/mol. The molecule has 6 nitrogen and oxygen atoms in total. The lowest BCUT2D eigenvalue weighted by molar-refractivity contribution is -0.133. The molecule has 0 saturated heterocycles. The fraction of sp³-hybridized carbons (Fsp3) is 0.409. The SMILES string of the molecule is COc1ccc(CN(C(=O)Cn2cnc3sc4c(c3c2=O)CCC4)C2CC2)cc1. The maximum atomic E-state index is 13.1. The second kappa shape index (κ2) is 7.30. The molecule has 1 aromatic carbocycles. The van der Waals surface area contributed by atoms with Crippen LogP contribution in [0.5, 0.6) is 5.75 Å². The second-order valence-electron chi connectivity index (χ2n) is 7.82. The van der Waals surface area contributed by atoms with Gasteiger partial charge in [0.25, 0.3) is 5.56 Å². The van der Waals surface area contributed by atoms with Gasteiger partial charge in [0.1, 0.15) is 17.1 Å². The summed E-state index contributed by atoms with van der Waals surface area (Å²) in [5.41, 5.74) is 2.13. The number of thiophene rings is 1. The van der Waals surface area contributed by atoms with Crippen molar-refractivity contribution >= 4 is 27.5 Å². The van der Waals surface area contributed by atoms with Crippen LogP contribution in [0.2, 0.25) is 0 Å². The van der Waals surface area contributed by atoms with E-state index in [9.17, 15) is 9.59 Å². The number of fused-ring (bicyclic) bond motifs is 3. The fourth-order valence-corrected chi connectivity index (χ4v) is 5.32. The molecule has 5 rings (SSSR count). The van der Waals surface area contributed by atoms with Gasteiger partial charge in [-0.2, -0.15) is 0 Å². The van der Waals surface area contributed by atoms with E-state index in [1.807, 2.05) is 29.2 Å². The van der Waals surface area contributed by atoms with Crippen molar-refractivity contribution in [2.75, 3.05) is 7.11 Å². The quantitative estimate of drug-likeness (QED) is 0.627. The zero-order valence-corrected chi connectivity index (χ0v) is 17.2. The summed E-state index contributed by atoms with van der Waals surface area (Å²) in [4.78, 5) is 34.6. The maximum absolute atomic E-state index is 13.1. The van der Waals surface area contributed by atoms with Gasteiger partial charge in [-0.05, 0) is 55.4 Å². The molecule has 150 valence electrons. The van der Waals surface area contributed by atoms with E-state index in [0.717, 1.165) is 59.2 Å². The summed E-state index contributed by atoms with van der Waals surface area (Å²) in [5, 5.41) is 0.728. The van der Waals surface area contributed by atoms with Crippen molar-refractivity contribution in [3.8, 4) is 5.75 Å². The molecular formula is C22H23N3O3S. The van der Waals surface area contributed by atoms with Gasteiger partial charge in [0.05, 0.1) is 18.8 Å².